The summed E-state index contributed by atoms with van der Waals surface area (Å²) in [5.74, 6) is 0.778. The van der Waals surface area contributed by atoms with Crippen LogP contribution in [0, 0.1) is 0 Å². The minimum atomic E-state index is -3.39. The van der Waals surface area contributed by atoms with Gasteiger partial charge in [-0.25, -0.2) is 18.1 Å². The van der Waals surface area contributed by atoms with E-state index in [-0.39, 0.29) is 0 Å². The first-order chi connectivity index (χ1) is 9.65. The van der Waals surface area contributed by atoms with Crippen molar-refractivity contribution in [2.45, 2.75) is 10.6 Å². The largest absolute Gasteiger partial charge is 0.342 e. The fourth-order valence-electron chi connectivity index (χ4n) is 1.92. The lowest BCUT2D eigenvalue weighted by atomic mass is 10.3. The van der Waals surface area contributed by atoms with Crippen LogP contribution in [0.2, 0.25) is 0 Å². The average Bonchev–Trinajstić information content (AvgIpc) is 3.07. The van der Waals surface area contributed by atoms with E-state index in [9.17, 15) is 8.42 Å². The number of rotatable bonds is 5. The fourth-order valence-corrected chi connectivity index (χ4v) is 3.98. The van der Waals surface area contributed by atoms with E-state index >= 15 is 0 Å². The molecule has 0 radical (unpaired) electrons. The van der Waals surface area contributed by atoms with Gasteiger partial charge in [0.2, 0.25) is 10.0 Å². The molecule has 1 aromatic carbocycles. The number of para-hydroxylation sites is 2. The molecule has 104 valence electrons. The summed E-state index contributed by atoms with van der Waals surface area (Å²) in [5.41, 5.74) is 1.85. The summed E-state index contributed by atoms with van der Waals surface area (Å²) in [6, 6.07) is 11.0. The molecule has 0 unspecified atom stereocenters. The van der Waals surface area contributed by atoms with Crippen LogP contribution in [0.15, 0.2) is 46.0 Å². The van der Waals surface area contributed by atoms with Crippen LogP contribution in [0.4, 0.5) is 0 Å². The van der Waals surface area contributed by atoms with Gasteiger partial charge in [-0.15, -0.1) is 11.3 Å². The SMILES string of the molecule is O=S(=O)(NCCc1nc2ccccc2[nH]1)c1cccs1. The van der Waals surface area contributed by atoms with E-state index in [2.05, 4.69) is 14.7 Å². The van der Waals surface area contributed by atoms with E-state index in [1.54, 1.807) is 17.5 Å². The molecule has 0 spiro atoms. The Hall–Kier alpha value is -1.70. The number of aromatic nitrogens is 2. The van der Waals surface area contributed by atoms with Crippen LogP contribution in [-0.4, -0.2) is 24.9 Å². The number of fused-ring (bicyclic) bond motifs is 1. The first-order valence-electron chi connectivity index (χ1n) is 6.12. The Balaban J connectivity index is 1.65. The molecule has 0 saturated heterocycles. The quantitative estimate of drug-likeness (QED) is 0.758. The molecular weight excluding hydrogens is 294 g/mol. The number of H-pyrrole nitrogens is 1. The van der Waals surface area contributed by atoms with Gasteiger partial charge in [0.1, 0.15) is 10.0 Å². The minimum Gasteiger partial charge on any atom is -0.342 e. The molecule has 2 aromatic heterocycles. The predicted octanol–water partition coefficient (Wildman–Crippen LogP) is 2.15. The average molecular weight is 307 g/mol. The molecule has 0 aliphatic rings. The molecule has 0 aliphatic carbocycles. The lowest BCUT2D eigenvalue weighted by Gasteiger charge is -2.02. The van der Waals surface area contributed by atoms with E-state index in [1.165, 1.54) is 11.3 Å². The lowest BCUT2D eigenvalue weighted by molar-refractivity contribution is 0.583. The zero-order valence-corrected chi connectivity index (χ0v) is 12.2. The number of thiophene rings is 1. The minimum absolute atomic E-state index is 0.319. The third-order valence-corrected chi connectivity index (χ3v) is 5.71. The van der Waals surface area contributed by atoms with Gasteiger partial charge in [0.25, 0.3) is 0 Å². The zero-order valence-electron chi connectivity index (χ0n) is 10.5. The summed E-state index contributed by atoms with van der Waals surface area (Å²) in [5, 5.41) is 1.74. The van der Waals surface area contributed by atoms with Crippen LogP contribution in [0.5, 0.6) is 0 Å². The maximum absolute atomic E-state index is 11.9. The molecule has 20 heavy (non-hydrogen) atoms. The highest BCUT2D eigenvalue weighted by Gasteiger charge is 2.14. The summed E-state index contributed by atoms with van der Waals surface area (Å²) >= 11 is 1.21. The third kappa shape index (κ3) is 2.74. The second kappa shape index (κ2) is 5.35. The van der Waals surface area contributed by atoms with Crippen molar-refractivity contribution in [3.8, 4) is 0 Å². The van der Waals surface area contributed by atoms with Gasteiger partial charge in [-0.2, -0.15) is 0 Å². The van der Waals surface area contributed by atoms with Gasteiger partial charge in [0.05, 0.1) is 11.0 Å². The molecule has 2 heterocycles. The number of sulfonamides is 1. The molecule has 0 amide bonds. The molecule has 2 N–H and O–H groups in total. The van der Waals surface area contributed by atoms with Crippen LogP contribution >= 0.6 is 11.3 Å². The van der Waals surface area contributed by atoms with Crippen LogP contribution in [0.1, 0.15) is 5.82 Å². The van der Waals surface area contributed by atoms with E-state index in [0.717, 1.165) is 16.9 Å². The van der Waals surface area contributed by atoms with E-state index in [0.29, 0.717) is 17.2 Å². The number of imidazole rings is 1. The van der Waals surface area contributed by atoms with Crippen LogP contribution in [-0.2, 0) is 16.4 Å². The van der Waals surface area contributed by atoms with Crippen molar-refractivity contribution in [2.24, 2.45) is 0 Å². The first kappa shape index (κ1) is 13.3. The summed E-state index contributed by atoms with van der Waals surface area (Å²) in [6.07, 6.45) is 0.527. The summed E-state index contributed by atoms with van der Waals surface area (Å²) in [7, 11) is -3.39. The monoisotopic (exact) mass is 307 g/mol. The van der Waals surface area contributed by atoms with Gasteiger partial charge in [0, 0.05) is 13.0 Å². The van der Waals surface area contributed by atoms with Gasteiger partial charge in [-0.05, 0) is 23.6 Å². The Bertz CT molecular complexity index is 774. The summed E-state index contributed by atoms with van der Waals surface area (Å²) < 4.78 is 26.8. The Morgan fingerprint density at radius 1 is 1.20 bits per heavy atom. The predicted molar refractivity (Wildman–Crippen MR) is 79.3 cm³/mol. The maximum atomic E-state index is 11.9. The number of benzene rings is 1. The van der Waals surface area contributed by atoms with Gasteiger partial charge >= 0.3 is 0 Å². The van der Waals surface area contributed by atoms with Crippen LogP contribution < -0.4 is 4.72 Å². The zero-order chi connectivity index (χ0) is 14.0. The molecule has 0 aliphatic heterocycles. The Kier molecular flexibility index (Phi) is 3.56. The number of nitrogens with zero attached hydrogens (tertiary/aromatic N) is 1. The third-order valence-electron chi connectivity index (χ3n) is 2.85. The highest BCUT2D eigenvalue weighted by molar-refractivity contribution is 7.91. The van der Waals surface area contributed by atoms with Gasteiger partial charge < -0.3 is 4.98 Å². The molecule has 0 fully saturated rings. The number of hydrogen-bond acceptors (Lipinski definition) is 4. The number of hydrogen-bond donors (Lipinski definition) is 2. The fraction of sp³-hybridized carbons (Fsp3) is 0.154. The van der Waals surface area contributed by atoms with Crippen LogP contribution in [0.25, 0.3) is 11.0 Å². The van der Waals surface area contributed by atoms with E-state index in [1.807, 2.05) is 24.3 Å². The summed E-state index contributed by atoms with van der Waals surface area (Å²) in [6.45, 7) is 0.319. The Labute approximate surface area is 120 Å². The molecule has 7 heteroatoms. The number of aromatic amines is 1. The molecule has 3 rings (SSSR count). The van der Waals surface area contributed by atoms with E-state index < -0.39 is 10.0 Å². The van der Waals surface area contributed by atoms with Crippen molar-refractivity contribution in [3.05, 3.63) is 47.6 Å². The molecule has 0 saturated carbocycles. The Morgan fingerprint density at radius 2 is 2.05 bits per heavy atom. The Morgan fingerprint density at radius 3 is 2.80 bits per heavy atom. The maximum Gasteiger partial charge on any atom is 0.250 e. The standard InChI is InChI=1S/C13H13N3O2S2/c17-20(18,13-6-3-9-19-13)14-8-7-12-15-10-4-1-2-5-11(10)16-12/h1-6,9,14H,7-8H2,(H,15,16). The van der Waals surface area contributed by atoms with Crippen molar-refractivity contribution in [2.75, 3.05) is 6.54 Å². The second-order valence-electron chi connectivity index (χ2n) is 4.28. The van der Waals surface area contributed by atoms with Gasteiger partial charge in [-0.1, -0.05) is 18.2 Å². The van der Waals surface area contributed by atoms with Crippen molar-refractivity contribution < 1.29 is 8.42 Å². The second-order valence-corrected chi connectivity index (χ2v) is 7.22. The molecule has 0 bridgehead atoms. The van der Waals surface area contributed by atoms with Crippen molar-refractivity contribution >= 4 is 32.4 Å². The molecule has 0 atom stereocenters. The highest BCUT2D eigenvalue weighted by atomic mass is 32.2. The normalized spacial score (nSPS) is 12.0. The first-order valence-corrected chi connectivity index (χ1v) is 8.48. The van der Waals surface area contributed by atoms with Gasteiger partial charge in [0.15, 0.2) is 0 Å². The smallest absolute Gasteiger partial charge is 0.250 e. The molecular formula is C13H13N3O2S2. The highest BCUT2D eigenvalue weighted by Crippen LogP contribution is 2.15. The van der Waals surface area contributed by atoms with Crippen LogP contribution in [0.3, 0.4) is 0 Å². The molecule has 5 nitrogen and oxygen atoms in total. The van der Waals surface area contributed by atoms with Crippen molar-refractivity contribution in [3.63, 3.8) is 0 Å². The lowest BCUT2D eigenvalue weighted by Crippen LogP contribution is -2.25. The van der Waals surface area contributed by atoms with Gasteiger partial charge in [-0.3, -0.25) is 0 Å². The topological polar surface area (TPSA) is 74.8 Å². The number of nitrogens with one attached hydrogen (secondary N) is 2. The van der Waals surface area contributed by atoms with Crippen molar-refractivity contribution in [1.29, 1.82) is 0 Å². The van der Waals surface area contributed by atoms with Crippen molar-refractivity contribution in [1.82, 2.24) is 14.7 Å². The summed E-state index contributed by atoms with van der Waals surface area (Å²) in [4.78, 5) is 7.58. The van der Waals surface area contributed by atoms with E-state index in [4.69, 9.17) is 0 Å². The molecule has 3 aromatic rings.